The maximum absolute atomic E-state index is 12.7. The van der Waals surface area contributed by atoms with Crippen molar-refractivity contribution in [3.63, 3.8) is 0 Å². The summed E-state index contributed by atoms with van der Waals surface area (Å²) in [6.45, 7) is 3.24. The first kappa shape index (κ1) is 50.4. The Morgan fingerprint density at radius 3 is 1.60 bits per heavy atom. The third-order valence-electron chi connectivity index (χ3n) is 9.42. The van der Waals surface area contributed by atoms with Crippen molar-refractivity contribution in [1.29, 1.82) is 0 Å². The lowest BCUT2D eigenvalue weighted by Crippen LogP contribution is -2.59. The van der Waals surface area contributed by atoms with Crippen LogP contribution in [-0.2, 0) is 28.5 Å². The lowest BCUT2D eigenvalue weighted by Gasteiger charge is -2.39. The molecule has 0 aromatic carbocycles. The highest BCUT2D eigenvalue weighted by molar-refractivity contribution is 5.70. The van der Waals surface area contributed by atoms with Crippen molar-refractivity contribution < 1.29 is 49.0 Å². The van der Waals surface area contributed by atoms with E-state index in [0.717, 1.165) is 51.4 Å². The summed E-state index contributed by atoms with van der Waals surface area (Å²) in [6.07, 6.45) is 35.2. The van der Waals surface area contributed by atoms with Gasteiger partial charge in [0.15, 0.2) is 12.4 Å². The molecule has 0 bridgehead atoms. The minimum atomic E-state index is -1.61. The van der Waals surface area contributed by atoms with E-state index in [9.17, 15) is 30.0 Å². The zero-order chi connectivity index (χ0) is 40.2. The minimum Gasteiger partial charge on any atom is -0.462 e. The molecule has 10 nitrogen and oxygen atoms in total. The van der Waals surface area contributed by atoms with Crippen molar-refractivity contribution in [2.45, 2.75) is 192 Å². The highest BCUT2D eigenvalue weighted by atomic mass is 16.7. The van der Waals surface area contributed by atoms with Gasteiger partial charge in [0.1, 0.15) is 31.0 Å². The Labute approximate surface area is 332 Å². The number of hydrogen-bond donors (Lipinski definition) is 4. The molecule has 1 rings (SSSR count). The molecule has 0 aliphatic carbocycles. The van der Waals surface area contributed by atoms with Crippen molar-refractivity contribution in [1.82, 2.24) is 0 Å². The topological polar surface area (TPSA) is 152 Å². The highest BCUT2D eigenvalue weighted by Crippen LogP contribution is 2.22. The number of carbonyl (C=O) groups is 2. The lowest BCUT2D eigenvalue weighted by atomic mass is 9.99. The average molecular weight is 777 g/mol. The molecule has 0 radical (unpaired) electrons. The molecule has 1 fully saturated rings. The van der Waals surface area contributed by atoms with Crippen LogP contribution in [0.15, 0.2) is 60.8 Å². The quantitative estimate of drug-likeness (QED) is 0.0284. The van der Waals surface area contributed by atoms with Crippen molar-refractivity contribution in [2.75, 3.05) is 19.8 Å². The maximum atomic E-state index is 12.7. The number of unbranched alkanes of at least 4 members (excludes halogenated alkanes) is 13. The molecule has 0 aromatic rings. The fraction of sp³-hybridized carbons (Fsp3) is 0.733. The number of ether oxygens (including phenoxy) is 4. The van der Waals surface area contributed by atoms with Crippen molar-refractivity contribution in [3.05, 3.63) is 60.8 Å². The van der Waals surface area contributed by atoms with Crippen LogP contribution in [0.4, 0.5) is 0 Å². The third kappa shape index (κ3) is 27.6. The van der Waals surface area contributed by atoms with Crippen molar-refractivity contribution in [3.8, 4) is 0 Å². The fourth-order valence-corrected chi connectivity index (χ4v) is 6.05. The molecule has 1 aliphatic heterocycles. The Hall–Kier alpha value is -2.60. The molecule has 316 valence electrons. The average Bonchev–Trinajstić information content (AvgIpc) is 3.18. The van der Waals surface area contributed by atoms with Gasteiger partial charge in [-0.2, -0.15) is 0 Å². The molecule has 1 aliphatic rings. The molecule has 1 heterocycles. The maximum Gasteiger partial charge on any atom is 0.306 e. The van der Waals surface area contributed by atoms with Gasteiger partial charge in [0.05, 0.1) is 13.2 Å². The van der Waals surface area contributed by atoms with Gasteiger partial charge in [-0.25, -0.2) is 0 Å². The summed E-state index contributed by atoms with van der Waals surface area (Å²) in [5, 5.41) is 40.0. The number of aliphatic hydroxyl groups is 4. The van der Waals surface area contributed by atoms with E-state index in [2.05, 4.69) is 68.5 Å². The normalized spacial score (nSPS) is 21.2. The summed E-state index contributed by atoms with van der Waals surface area (Å²) in [7, 11) is 0. The predicted molar refractivity (Wildman–Crippen MR) is 219 cm³/mol. The summed E-state index contributed by atoms with van der Waals surface area (Å²) >= 11 is 0. The minimum absolute atomic E-state index is 0.151. The highest BCUT2D eigenvalue weighted by Gasteiger charge is 2.44. The van der Waals surface area contributed by atoms with Crippen LogP contribution in [0, 0.1) is 0 Å². The second-order valence-corrected chi connectivity index (χ2v) is 14.4. The summed E-state index contributed by atoms with van der Waals surface area (Å²) in [5.41, 5.74) is 0. The fourth-order valence-electron chi connectivity index (χ4n) is 6.05. The van der Waals surface area contributed by atoms with Gasteiger partial charge in [0, 0.05) is 12.8 Å². The van der Waals surface area contributed by atoms with Gasteiger partial charge < -0.3 is 39.4 Å². The zero-order valence-electron chi connectivity index (χ0n) is 34.2. The Morgan fingerprint density at radius 1 is 0.582 bits per heavy atom. The second kappa shape index (κ2) is 35.8. The van der Waals surface area contributed by atoms with E-state index in [4.69, 9.17) is 18.9 Å². The first-order valence-electron chi connectivity index (χ1n) is 21.4. The number of rotatable bonds is 34. The van der Waals surface area contributed by atoms with Gasteiger partial charge in [0.25, 0.3) is 0 Å². The van der Waals surface area contributed by atoms with Crippen LogP contribution in [-0.4, -0.2) is 89.0 Å². The SMILES string of the molecule is CC/C=C/C/C=C/C/C=C/C/C=C/C/C=C/CCCC(=O)O[C@H](COC(=O)CCCCCCCCCCCCCCC)CO[C@@H]1O[C@H](CO)[C@H](O)C(O)C1O. The van der Waals surface area contributed by atoms with E-state index in [0.29, 0.717) is 12.8 Å². The molecule has 0 saturated carbocycles. The van der Waals surface area contributed by atoms with Gasteiger partial charge in [-0.15, -0.1) is 0 Å². The van der Waals surface area contributed by atoms with Crippen LogP contribution < -0.4 is 0 Å². The first-order valence-corrected chi connectivity index (χ1v) is 21.4. The molecule has 4 N–H and O–H groups in total. The van der Waals surface area contributed by atoms with E-state index in [1.807, 2.05) is 6.08 Å². The van der Waals surface area contributed by atoms with Crippen LogP contribution in [0.2, 0.25) is 0 Å². The van der Waals surface area contributed by atoms with Crippen LogP contribution >= 0.6 is 0 Å². The smallest absolute Gasteiger partial charge is 0.306 e. The second-order valence-electron chi connectivity index (χ2n) is 14.4. The number of aliphatic hydroxyl groups excluding tert-OH is 4. The number of hydrogen-bond acceptors (Lipinski definition) is 10. The van der Waals surface area contributed by atoms with Crippen molar-refractivity contribution >= 4 is 11.9 Å². The number of carbonyl (C=O) groups excluding carboxylic acids is 2. The predicted octanol–water partition coefficient (Wildman–Crippen LogP) is 8.66. The largest absolute Gasteiger partial charge is 0.462 e. The number of esters is 2. The molecule has 10 heteroatoms. The molecule has 0 amide bonds. The lowest BCUT2D eigenvalue weighted by molar-refractivity contribution is -0.305. The van der Waals surface area contributed by atoms with Crippen molar-refractivity contribution in [2.24, 2.45) is 0 Å². The molecule has 1 saturated heterocycles. The Morgan fingerprint density at radius 2 is 1.07 bits per heavy atom. The van der Waals surface area contributed by atoms with Gasteiger partial charge in [-0.05, 0) is 51.4 Å². The molecular formula is C45H76O10. The van der Waals surface area contributed by atoms with E-state index in [1.54, 1.807) is 0 Å². The van der Waals surface area contributed by atoms with Gasteiger partial charge in [-0.1, -0.05) is 152 Å². The van der Waals surface area contributed by atoms with E-state index >= 15 is 0 Å². The van der Waals surface area contributed by atoms with Gasteiger partial charge in [-0.3, -0.25) is 9.59 Å². The Kier molecular flexibility index (Phi) is 32.8. The van der Waals surface area contributed by atoms with E-state index in [1.165, 1.54) is 64.2 Å². The molecule has 0 spiro atoms. The Bertz CT molecular complexity index is 1080. The Balaban J connectivity index is 2.41. The summed E-state index contributed by atoms with van der Waals surface area (Å²) in [4.78, 5) is 25.2. The standard InChI is InChI=1S/C45H76O10/c1-3-5-7-9-11-13-15-17-18-19-20-22-24-26-28-30-32-34-41(48)54-38(37-53-45-44(51)43(50)42(49)39(35-46)55-45)36-52-40(47)33-31-29-27-25-23-21-16-14-12-10-8-6-4-2/h5,7,11,13,17-18,20,22,26,28,38-39,42-46,49-51H,3-4,6,8-10,12,14-16,19,21,23-25,27,29-37H2,1-2H3/b7-5+,13-11+,18-17+,22-20+,28-26+/t38-,39-,42+,43?,44?,45-/m1/s1. The van der Waals surface area contributed by atoms with E-state index < -0.39 is 55.4 Å². The van der Waals surface area contributed by atoms with Crippen LogP contribution in [0.25, 0.3) is 0 Å². The number of allylic oxidation sites excluding steroid dienone is 10. The van der Waals surface area contributed by atoms with Gasteiger partial charge in [0.2, 0.25) is 0 Å². The molecule has 0 aromatic heterocycles. The van der Waals surface area contributed by atoms with Crippen LogP contribution in [0.3, 0.4) is 0 Å². The van der Waals surface area contributed by atoms with E-state index in [-0.39, 0.29) is 26.1 Å². The van der Waals surface area contributed by atoms with Crippen LogP contribution in [0.5, 0.6) is 0 Å². The zero-order valence-corrected chi connectivity index (χ0v) is 34.2. The summed E-state index contributed by atoms with van der Waals surface area (Å²) in [5.74, 6) is -0.877. The third-order valence-corrected chi connectivity index (χ3v) is 9.42. The van der Waals surface area contributed by atoms with Gasteiger partial charge >= 0.3 is 11.9 Å². The first-order chi connectivity index (χ1) is 26.8. The summed E-state index contributed by atoms with van der Waals surface area (Å²) in [6, 6.07) is 0. The molecular weight excluding hydrogens is 700 g/mol. The summed E-state index contributed by atoms with van der Waals surface area (Å²) < 4.78 is 22.1. The molecule has 6 atom stereocenters. The molecule has 55 heavy (non-hydrogen) atoms. The monoisotopic (exact) mass is 777 g/mol. The van der Waals surface area contributed by atoms with Crippen LogP contribution in [0.1, 0.15) is 155 Å². The molecule has 2 unspecified atom stereocenters.